The Morgan fingerprint density at radius 1 is 1.15 bits per heavy atom. The number of unbranched alkanes of at least 4 members (excludes halogenated alkanes) is 3. The Balaban J connectivity index is 2.23. The summed E-state index contributed by atoms with van der Waals surface area (Å²) in [5.41, 5.74) is 0. The Bertz CT molecular complexity index is 402. The van der Waals surface area contributed by atoms with Crippen LogP contribution in [0.3, 0.4) is 0 Å². The topological polar surface area (TPSA) is 61.9 Å². The van der Waals surface area contributed by atoms with Crippen molar-refractivity contribution in [2.45, 2.75) is 77.2 Å². The first kappa shape index (κ1) is 22.7. The summed E-state index contributed by atoms with van der Waals surface area (Å²) in [6.07, 6.45) is 9.74. The van der Waals surface area contributed by atoms with Gasteiger partial charge in [0, 0.05) is 32.0 Å². The number of nitrogens with zero attached hydrogens (tertiary/aromatic N) is 2. The van der Waals surface area contributed by atoms with Crippen LogP contribution in [-0.2, 0) is 9.53 Å². The minimum absolute atomic E-state index is 0.226. The maximum Gasteiger partial charge on any atom is 0.407 e. The van der Waals surface area contributed by atoms with Gasteiger partial charge in [-0.2, -0.15) is 0 Å². The molecule has 0 aromatic carbocycles. The minimum Gasteiger partial charge on any atom is -0.449 e. The molecule has 1 fully saturated rings. The Hall–Kier alpha value is -1.30. The molecule has 1 unspecified atom stereocenters. The van der Waals surface area contributed by atoms with Crippen molar-refractivity contribution in [1.82, 2.24) is 15.1 Å². The van der Waals surface area contributed by atoms with Gasteiger partial charge >= 0.3 is 6.09 Å². The summed E-state index contributed by atoms with van der Waals surface area (Å²) in [7, 11) is 4.03. The van der Waals surface area contributed by atoms with Crippen LogP contribution in [0.25, 0.3) is 0 Å². The highest BCUT2D eigenvalue weighted by molar-refractivity contribution is 5.76. The van der Waals surface area contributed by atoms with E-state index in [-0.39, 0.29) is 18.0 Å². The highest BCUT2D eigenvalue weighted by Gasteiger charge is 2.26. The maximum absolute atomic E-state index is 12.5. The first-order valence-corrected chi connectivity index (χ1v) is 10.4. The summed E-state index contributed by atoms with van der Waals surface area (Å²) >= 11 is 0. The third-order valence-corrected chi connectivity index (χ3v) is 4.93. The Labute approximate surface area is 159 Å². The SMILES string of the molecule is CCCCCCC(=O)N1CCCCC1CCOC(=O)NCCCN(C)C. The molecule has 152 valence electrons. The zero-order valence-electron chi connectivity index (χ0n) is 17.1. The number of hydrogen-bond donors (Lipinski definition) is 1. The van der Waals surface area contributed by atoms with E-state index in [1.54, 1.807) is 0 Å². The number of likely N-dealkylation sites (tertiary alicyclic amines) is 1. The zero-order valence-corrected chi connectivity index (χ0v) is 17.1. The number of hydrogen-bond acceptors (Lipinski definition) is 4. The molecule has 1 saturated heterocycles. The molecule has 6 nitrogen and oxygen atoms in total. The monoisotopic (exact) mass is 369 g/mol. The van der Waals surface area contributed by atoms with Gasteiger partial charge in [-0.05, 0) is 52.7 Å². The van der Waals surface area contributed by atoms with E-state index in [4.69, 9.17) is 4.74 Å². The number of piperidine rings is 1. The summed E-state index contributed by atoms with van der Waals surface area (Å²) in [6, 6.07) is 0.226. The lowest BCUT2D eigenvalue weighted by Gasteiger charge is -2.36. The van der Waals surface area contributed by atoms with Gasteiger partial charge in [-0.3, -0.25) is 4.79 Å². The number of rotatable bonds is 12. The average Bonchev–Trinajstić information content (AvgIpc) is 2.62. The van der Waals surface area contributed by atoms with Crippen LogP contribution in [0.1, 0.15) is 71.1 Å². The predicted molar refractivity (Wildman–Crippen MR) is 105 cm³/mol. The van der Waals surface area contributed by atoms with Gasteiger partial charge in [0.15, 0.2) is 0 Å². The van der Waals surface area contributed by atoms with Crippen molar-refractivity contribution in [1.29, 1.82) is 0 Å². The van der Waals surface area contributed by atoms with E-state index in [1.807, 2.05) is 19.0 Å². The second kappa shape index (κ2) is 13.8. The highest BCUT2D eigenvalue weighted by Crippen LogP contribution is 2.21. The highest BCUT2D eigenvalue weighted by atomic mass is 16.5. The second-order valence-electron chi connectivity index (χ2n) is 7.56. The molecule has 26 heavy (non-hydrogen) atoms. The fourth-order valence-corrected chi connectivity index (χ4v) is 3.40. The lowest BCUT2D eigenvalue weighted by Crippen LogP contribution is -2.44. The fourth-order valence-electron chi connectivity index (χ4n) is 3.40. The van der Waals surface area contributed by atoms with Gasteiger partial charge in [0.25, 0.3) is 0 Å². The van der Waals surface area contributed by atoms with E-state index in [0.29, 0.717) is 19.6 Å². The minimum atomic E-state index is -0.350. The van der Waals surface area contributed by atoms with Gasteiger partial charge in [-0.1, -0.05) is 26.2 Å². The number of ether oxygens (including phenoxy) is 1. The van der Waals surface area contributed by atoms with Gasteiger partial charge in [-0.15, -0.1) is 0 Å². The first-order chi connectivity index (χ1) is 12.5. The average molecular weight is 370 g/mol. The molecule has 1 rings (SSSR count). The molecule has 2 amide bonds. The molecule has 6 heteroatoms. The van der Waals surface area contributed by atoms with Crippen LogP contribution in [0.5, 0.6) is 0 Å². The van der Waals surface area contributed by atoms with Crippen molar-refractivity contribution in [3.05, 3.63) is 0 Å². The van der Waals surface area contributed by atoms with E-state index >= 15 is 0 Å². The summed E-state index contributed by atoms with van der Waals surface area (Å²) in [6.45, 7) is 4.99. The molecule has 1 aliphatic heterocycles. The number of nitrogens with one attached hydrogen (secondary N) is 1. The predicted octanol–water partition coefficient (Wildman–Crippen LogP) is 3.41. The van der Waals surface area contributed by atoms with Gasteiger partial charge < -0.3 is 19.9 Å². The van der Waals surface area contributed by atoms with Gasteiger partial charge in [0.05, 0.1) is 6.61 Å². The molecule has 0 spiro atoms. The Kier molecular flexibility index (Phi) is 12.1. The molecule has 1 heterocycles. The molecular weight excluding hydrogens is 330 g/mol. The lowest BCUT2D eigenvalue weighted by atomic mass is 9.98. The Morgan fingerprint density at radius 3 is 2.69 bits per heavy atom. The number of amides is 2. The van der Waals surface area contributed by atoms with Crippen molar-refractivity contribution in [3.63, 3.8) is 0 Å². The normalized spacial score (nSPS) is 17.4. The summed E-state index contributed by atoms with van der Waals surface area (Å²) < 4.78 is 5.29. The largest absolute Gasteiger partial charge is 0.449 e. The molecule has 0 aliphatic carbocycles. The summed E-state index contributed by atoms with van der Waals surface area (Å²) in [5.74, 6) is 0.277. The van der Waals surface area contributed by atoms with Gasteiger partial charge in [-0.25, -0.2) is 4.79 Å². The second-order valence-corrected chi connectivity index (χ2v) is 7.56. The van der Waals surface area contributed by atoms with Crippen LogP contribution >= 0.6 is 0 Å². The van der Waals surface area contributed by atoms with E-state index < -0.39 is 0 Å². The molecule has 1 N–H and O–H groups in total. The van der Waals surface area contributed by atoms with Crippen LogP contribution in [0.4, 0.5) is 4.79 Å². The van der Waals surface area contributed by atoms with E-state index in [9.17, 15) is 9.59 Å². The third kappa shape index (κ3) is 10.00. The molecule has 1 atom stereocenters. The molecule has 0 aromatic heterocycles. The van der Waals surface area contributed by atoms with Crippen LogP contribution < -0.4 is 5.32 Å². The smallest absolute Gasteiger partial charge is 0.407 e. The zero-order chi connectivity index (χ0) is 19.2. The lowest BCUT2D eigenvalue weighted by molar-refractivity contribution is -0.135. The molecule has 1 aliphatic rings. The molecule has 0 aromatic rings. The maximum atomic E-state index is 12.5. The summed E-state index contributed by atoms with van der Waals surface area (Å²) in [5, 5.41) is 2.78. The quantitative estimate of drug-likeness (QED) is 0.536. The molecule has 0 bridgehead atoms. The Morgan fingerprint density at radius 2 is 1.96 bits per heavy atom. The van der Waals surface area contributed by atoms with Crippen molar-refractivity contribution >= 4 is 12.0 Å². The van der Waals surface area contributed by atoms with E-state index in [2.05, 4.69) is 17.1 Å². The number of carbonyl (C=O) groups excluding carboxylic acids is 2. The van der Waals surface area contributed by atoms with Crippen molar-refractivity contribution in [2.75, 3.05) is 40.3 Å². The fraction of sp³-hybridized carbons (Fsp3) is 0.900. The van der Waals surface area contributed by atoms with Crippen molar-refractivity contribution < 1.29 is 14.3 Å². The number of carbonyl (C=O) groups is 2. The van der Waals surface area contributed by atoms with Crippen LogP contribution in [0, 0.1) is 0 Å². The molecular formula is C20H39N3O3. The third-order valence-electron chi connectivity index (χ3n) is 4.93. The van der Waals surface area contributed by atoms with Crippen LogP contribution in [0.15, 0.2) is 0 Å². The van der Waals surface area contributed by atoms with Crippen LogP contribution in [0.2, 0.25) is 0 Å². The van der Waals surface area contributed by atoms with Gasteiger partial charge in [0.2, 0.25) is 5.91 Å². The van der Waals surface area contributed by atoms with Crippen LogP contribution in [-0.4, -0.2) is 68.2 Å². The standard InChI is InChI=1S/C20H39N3O3/c1-4-5-6-7-12-19(24)23-16-9-8-11-18(23)13-17-26-20(25)21-14-10-15-22(2)3/h18H,4-17H2,1-3H3,(H,21,25). The first-order valence-electron chi connectivity index (χ1n) is 10.4. The van der Waals surface area contributed by atoms with Crippen molar-refractivity contribution in [3.8, 4) is 0 Å². The van der Waals surface area contributed by atoms with Gasteiger partial charge in [0.1, 0.15) is 0 Å². The van der Waals surface area contributed by atoms with E-state index in [1.165, 1.54) is 12.8 Å². The summed E-state index contributed by atoms with van der Waals surface area (Å²) in [4.78, 5) is 28.3. The number of alkyl carbamates (subject to hydrolysis) is 1. The van der Waals surface area contributed by atoms with E-state index in [0.717, 1.165) is 58.0 Å². The van der Waals surface area contributed by atoms with Crippen molar-refractivity contribution in [2.24, 2.45) is 0 Å². The molecule has 0 radical (unpaired) electrons. The molecule has 0 saturated carbocycles.